The molecule has 2 aromatic carbocycles. The number of nitrogens with zero attached hydrogens (tertiary/aromatic N) is 2. The summed E-state index contributed by atoms with van der Waals surface area (Å²) in [4.78, 5) is 19.1. The van der Waals surface area contributed by atoms with Gasteiger partial charge < -0.3 is 20.2 Å². The average molecular weight is 577 g/mol. The summed E-state index contributed by atoms with van der Waals surface area (Å²) in [5.41, 5.74) is 3.63. The third-order valence-corrected chi connectivity index (χ3v) is 10.3. The van der Waals surface area contributed by atoms with E-state index in [4.69, 9.17) is 5.11 Å². The van der Waals surface area contributed by atoms with Gasteiger partial charge in [0.05, 0.1) is 35.0 Å². The van der Waals surface area contributed by atoms with Crippen LogP contribution in [0.5, 0.6) is 0 Å². The minimum atomic E-state index is -3.70. The van der Waals surface area contributed by atoms with E-state index in [1.54, 1.807) is 30.0 Å². The van der Waals surface area contributed by atoms with E-state index in [1.807, 2.05) is 24.5 Å². The number of halogens is 1. The largest absolute Gasteiger partial charge is 0.395 e. The van der Waals surface area contributed by atoms with Gasteiger partial charge in [0.25, 0.3) is 5.91 Å². The molecule has 1 amide bonds. The zero-order valence-electron chi connectivity index (χ0n) is 22.3. The van der Waals surface area contributed by atoms with Crippen LogP contribution in [0.15, 0.2) is 41.3 Å². The van der Waals surface area contributed by atoms with Crippen LogP contribution in [0.1, 0.15) is 48.9 Å². The Morgan fingerprint density at radius 2 is 1.64 bits per heavy atom. The normalized spacial score (nSPS) is 19.3. The molecule has 39 heavy (non-hydrogen) atoms. The molecular weight excluding hydrogens is 539 g/mol. The second-order valence-corrected chi connectivity index (χ2v) is 13.6. The molecule has 2 saturated heterocycles. The van der Waals surface area contributed by atoms with E-state index < -0.39 is 28.6 Å². The summed E-state index contributed by atoms with van der Waals surface area (Å²) in [6.45, 7) is 2.43. The summed E-state index contributed by atoms with van der Waals surface area (Å²) in [6.07, 6.45) is 6.87. The lowest BCUT2D eigenvalue weighted by molar-refractivity contribution is 0.102. The van der Waals surface area contributed by atoms with E-state index in [2.05, 4.69) is 19.8 Å². The molecule has 1 aliphatic carbocycles. The Morgan fingerprint density at radius 3 is 2.28 bits per heavy atom. The molecule has 0 bridgehead atoms. The Labute approximate surface area is 234 Å². The van der Waals surface area contributed by atoms with Gasteiger partial charge in [-0.25, -0.2) is 12.8 Å². The van der Waals surface area contributed by atoms with Gasteiger partial charge in [0.1, 0.15) is 6.17 Å². The maximum Gasteiger partial charge on any atom is 0.257 e. The summed E-state index contributed by atoms with van der Waals surface area (Å²) < 4.78 is 40.8. The third kappa shape index (κ3) is 6.63. The Balaban J connectivity index is 1.40. The SMILES string of the molecule is CSc1ccc(NC(=O)c2ccc(NS(=O)(=O)CCO)cc2N2CCC3(CC2)CC3)cc1N1CCC(F)CC1. The van der Waals surface area contributed by atoms with Crippen LogP contribution in [0.3, 0.4) is 0 Å². The molecule has 1 spiro atoms. The number of anilines is 4. The number of hydrogen-bond donors (Lipinski definition) is 3. The highest BCUT2D eigenvalue weighted by Gasteiger charge is 2.44. The molecule has 3 fully saturated rings. The van der Waals surface area contributed by atoms with Crippen molar-refractivity contribution in [2.45, 2.75) is 49.6 Å². The first-order valence-corrected chi connectivity index (χ1v) is 16.5. The summed E-state index contributed by atoms with van der Waals surface area (Å²) in [5.74, 6) is -0.666. The van der Waals surface area contributed by atoms with Gasteiger partial charge in [0, 0.05) is 36.8 Å². The van der Waals surface area contributed by atoms with Crippen molar-refractivity contribution in [1.82, 2.24) is 0 Å². The van der Waals surface area contributed by atoms with Gasteiger partial charge in [0.2, 0.25) is 10.0 Å². The monoisotopic (exact) mass is 576 g/mol. The molecule has 11 heteroatoms. The Kier molecular flexibility index (Phi) is 8.30. The van der Waals surface area contributed by atoms with Crippen molar-refractivity contribution in [2.75, 3.05) is 64.6 Å². The Bertz CT molecular complexity index is 1300. The van der Waals surface area contributed by atoms with Crippen LogP contribution in [0.2, 0.25) is 0 Å². The molecule has 2 heterocycles. The molecule has 5 rings (SSSR count). The maximum absolute atomic E-state index is 13.7. The average Bonchev–Trinajstić information content (AvgIpc) is 3.67. The van der Waals surface area contributed by atoms with Crippen LogP contribution < -0.4 is 19.8 Å². The van der Waals surface area contributed by atoms with Crippen molar-refractivity contribution >= 4 is 50.4 Å². The van der Waals surface area contributed by atoms with E-state index in [9.17, 15) is 17.6 Å². The number of aliphatic hydroxyl groups excluding tert-OH is 1. The topological polar surface area (TPSA) is 102 Å². The van der Waals surface area contributed by atoms with Crippen molar-refractivity contribution in [3.63, 3.8) is 0 Å². The van der Waals surface area contributed by atoms with E-state index in [1.165, 1.54) is 12.8 Å². The number of thioether (sulfide) groups is 1. The van der Waals surface area contributed by atoms with Gasteiger partial charge in [-0.2, -0.15) is 0 Å². The standard InChI is InChI=1S/C28H37FN4O4S2/c1-38-26-5-3-21(18-25(26)32-12-6-20(29)7-13-32)30-27(35)23-4-2-22(31-39(36,37)17-16-34)19-24(23)33-14-10-28(8-9-28)11-15-33/h2-5,18-20,31,34H,6-17H2,1H3,(H,30,35). The number of nitrogens with one attached hydrogen (secondary N) is 2. The van der Waals surface area contributed by atoms with Crippen LogP contribution in [-0.4, -0.2) is 70.4 Å². The number of aliphatic hydroxyl groups is 1. The molecule has 2 aliphatic heterocycles. The maximum atomic E-state index is 13.7. The highest BCUT2D eigenvalue weighted by atomic mass is 32.2. The second kappa shape index (κ2) is 11.5. The number of benzene rings is 2. The Hall–Kier alpha value is -2.50. The minimum Gasteiger partial charge on any atom is -0.395 e. The van der Waals surface area contributed by atoms with E-state index in [0.29, 0.717) is 54.0 Å². The zero-order valence-corrected chi connectivity index (χ0v) is 23.9. The highest BCUT2D eigenvalue weighted by Crippen LogP contribution is 2.54. The molecule has 0 unspecified atom stereocenters. The predicted octanol–water partition coefficient (Wildman–Crippen LogP) is 4.71. The van der Waals surface area contributed by atoms with Crippen molar-refractivity contribution < 1.29 is 22.7 Å². The minimum absolute atomic E-state index is 0.271. The number of sulfonamides is 1. The van der Waals surface area contributed by atoms with Crippen LogP contribution in [0.4, 0.5) is 27.1 Å². The fraction of sp³-hybridized carbons (Fsp3) is 0.536. The number of alkyl halides is 1. The molecular formula is C28H37FN4O4S2. The van der Waals surface area contributed by atoms with Gasteiger partial charge >= 0.3 is 0 Å². The molecule has 8 nitrogen and oxygen atoms in total. The van der Waals surface area contributed by atoms with Gasteiger partial charge in [-0.3, -0.25) is 9.52 Å². The smallest absolute Gasteiger partial charge is 0.257 e. The van der Waals surface area contributed by atoms with Gasteiger partial charge in [0.15, 0.2) is 0 Å². The number of amides is 1. The van der Waals surface area contributed by atoms with E-state index in [-0.39, 0.29) is 5.91 Å². The molecule has 1 saturated carbocycles. The fourth-order valence-corrected chi connectivity index (χ4v) is 7.03. The number of hydrogen-bond acceptors (Lipinski definition) is 7. The number of carbonyl (C=O) groups is 1. The molecule has 0 atom stereocenters. The first-order chi connectivity index (χ1) is 18.7. The predicted molar refractivity (Wildman–Crippen MR) is 157 cm³/mol. The number of piperidine rings is 2. The molecule has 2 aromatic rings. The lowest BCUT2D eigenvalue weighted by Gasteiger charge is -2.35. The van der Waals surface area contributed by atoms with Crippen LogP contribution >= 0.6 is 11.8 Å². The van der Waals surface area contributed by atoms with Gasteiger partial charge in [-0.15, -0.1) is 11.8 Å². The fourth-order valence-electron chi connectivity index (χ4n) is 5.60. The first-order valence-electron chi connectivity index (χ1n) is 13.6. The van der Waals surface area contributed by atoms with Crippen molar-refractivity contribution in [3.8, 4) is 0 Å². The van der Waals surface area contributed by atoms with E-state index in [0.717, 1.165) is 36.5 Å². The number of carbonyl (C=O) groups excluding carboxylic acids is 1. The lowest BCUT2D eigenvalue weighted by Crippen LogP contribution is -2.36. The second-order valence-electron chi connectivity index (χ2n) is 10.9. The highest BCUT2D eigenvalue weighted by molar-refractivity contribution is 7.98. The van der Waals surface area contributed by atoms with Crippen LogP contribution in [-0.2, 0) is 10.0 Å². The van der Waals surface area contributed by atoms with E-state index >= 15 is 0 Å². The summed E-state index contributed by atoms with van der Waals surface area (Å²) in [5, 5.41) is 12.1. The van der Waals surface area contributed by atoms with Crippen molar-refractivity contribution in [1.29, 1.82) is 0 Å². The summed E-state index contributed by atoms with van der Waals surface area (Å²) in [7, 11) is -3.70. The molecule has 0 radical (unpaired) electrons. The first kappa shape index (κ1) is 28.0. The van der Waals surface area contributed by atoms with Gasteiger partial charge in [-0.05, 0) is 86.6 Å². The van der Waals surface area contributed by atoms with Crippen molar-refractivity contribution in [2.24, 2.45) is 5.41 Å². The number of rotatable bonds is 9. The van der Waals surface area contributed by atoms with Crippen molar-refractivity contribution in [3.05, 3.63) is 42.0 Å². The van der Waals surface area contributed by atoms with Crippen LogP contribution in [0, 0.1) is 5.41 Å². The van der Waals surface area contributed by atoms with Crippen LogP contribution in [0.25, 0.3) is 0 Å². The molecule has 3 N–H and O–H groups in total. The molecule has 3 aliphatic rings. The molecule has 212 valence electrons. The Morgan fingerprint density at radius 1 is 1.00 bits per heavy atom. The van der Waals surface area contributed by atoms with Gasteiger partial charge in [-0.1, -0.05) is 0 Å². The zero-order chi connectivity index (χ0) is 27.6. The lowest BCUT2D eigenvalue weighted by atomic mass is 9.93. The summed E-state index contributed by atoms with van der Waals surface area (Å²) >= 11 is 1.62. The summed E-state index contributed by atoms with van der Waals surface area (Å²) in [6, 6.07) is 10.8. The quantitative estimate of drug-likeness (QED) is 0.372. The molecule has 0 aromatic heterocycles. The third-order valence-electron chi connectivity index (χ3n) is 8.20.